The van der Waals surface area contributed by atoms with E-state index in [4.69, 9.17) is 9.47 Å². The lowest BCUT2D eigenvalue weighted by Gasteiger charge is -2.26. The van der Waals surface area contributed by atoms with Crippen molar-refractivity contribution >= 4 is 0 Å². The summed E-state index contributed by atoms with van der Waals surface area (Å²) in [6.07, 6.45) is 51.2. The SMILES string of the molecule is CCCCCCCC/C=C\CCCCCCCCOCCCCNC(C)(O)NCCCCOCCCCCCCC/C=C\CCCCCCCC. The molecular weight excluding hydrogens is 629 g/mol. The summed E-state index contributed by atoms with van der Waals surface area (Å²) in [6.45, 7) is 11.4. The Bertz CT molecular complexity index is 640. The van der Waals surface area contributed by atoms with Gasteiger partial charge in [-0.3, -0.25) is 10.6 Å². The first-order chi connectivity index (χ1) is 25.1. The lowest BCUT2D eigenvalue weighted by atomic mass is 10.1. The molecular formula is C46H92N2O3. The van der Waals surface area contributed by atoms with Crippen LogP contribution in [0.3, 0.4) is 0 Å². The van der Waals surface area contributed by atoms with Crippen molar-refractivity contribution < 1.29 is 14.6 Å². The molecule has 0 aliphatic rings. The fourth-order valence-corrected chi connectivity index (χ4v) is 6.49. The van der Waals surface area contributed by atoms with Crippen molar-refractivity contribution in [2.75, 3.05) is 39.5 Å². The molecule has 0 aliphatic carbocycles. The molecule has 0 saturated heterocycles. The zero-order valence-corrected chi connectivity index (χ0v) is 34.9. The molecule has 0 heterocycles. The molecule has 0 unspecified atom stereocenters. The largest absolute Gasteiger partial charge is 0.381 e. The zero-order chi connectivity index (χ0) is 37.0. The van der Waals surface area contributed by atoms with Gasteiger partial charge in [-0.15, -0.1) is 0 Å². The number of unbranched alkanes of at least 4 members (excludes halogenated alkanes) is 26. The molecule has 0 radical (unpaired) electrons. The number of hydrogen-bond acceptors (Lipinski definition) is 5. The summed E-state index contributed by atoms with van der Waals surface area (Å²) < 4.78 is 11.7. The third-order valence-corrected chi connectivity index (χ3v) is 9.97. The van der Waals surface area contributed by atoms with Gasteiger partial charge >= 0.3 is 0 Å². The van der Waals surface area contributed by atoms with Gasteiger partial charge in [-0.25, -0.2) is 0 Å². The molecule has 5 nitrogen and oxygen atoms in total. The molecule has 0 aliphatic heterocycles. The lowest BCUT2D eigenvalue weighted by molar-refractivity contribution is -0.0108. The van der Waals surface area contributed by atoms with Crippen molar-refractivity contribution in [1.29, 1.82) is 0 Å². The van der Waals surface area contributed by atoms with Crippen LogP contribution in [-0.4, -0.2) is 50.5 Å². The van der Waals surface area contributed by atoms with Crippen LogP contribution in [0.1, 0.15) is 226 Å². The zero-order valence-electron chi connectivity index (χ0n) is 34.9. The molecule has 5 heteroatoms. The standard InChI is InChI=1S/C46H92N2O3/c1-4-6-8-10-12-14-16-18-20-22-24-26-28-30-32-36-42-50-44-38-34-40-47-46(3,49)48-41-35-39-45-51-43-37-33-31-29-27-25-23-21-19-17-15-13-11-9-7-5-2/h18-21,47-49H,4-17,22-45H2,1-3H3/b20-18-,21-19-. The maximum absolute atomic E-state index is 10.6. The van der Waals surface area contributed by atoms with E-state index in [9.17, 15) is 5.11 Å². The molecule has 0 fully saturated rings. The van der Waals surface area contributed by atoms with Gasteiger partial charge in [0, 0.05) is 26.4 Å². The van der Waals surface area contributed by atoms with Crippen molar-refractivity contribution in [2.45, 2.75) is 232 Å². The minimum Gasteiger partial charge on any atom is -0.381 e. The molecule has 0 bridgehead atoms. The fraction of sp³-hybridized carbons (Fsp3) is 0.913. The molecule has 51 heavy (non-hydrogen) atoms. The Morgan fingerprint density at radius 3 is 0.941 bits per heavy atom. The van der Waals surface area contributed by atoms with Gasteiger partial charge in [0.05, 0.1) is 0 Å². The fourth-order valence-electron chi connectivity index (χ4n) is 6.49. The van der Waals surface area contributed by atoms with Crippen molar-refractivity contribution in [3.05, 3.63) is 24.3 Å². The molecule has 0 saturated carbocycles. The molecule has 0 amide bonds. The molecule has 304 valence electrons. The minimum atomic E-state index is -1.02. The summed E-state index contributed by atoms with van der Waals surface area (Å²) in [5.41, 5.74) is 0. The highest BCUT2D eigenvalue weighted by atomic mass is 16.5. The predicted molar refractivity (Wildman–Crippen MR) is 226 cm³/mol. The monoisotopic (exact) mass is 721 g/mol. The second-order valence-corrected chi connectivity index (χ2v) is 15.4. The number of allylic oxidation sites excluding steroid dienone is 4. The Balaban J connectivity index is 3.29. The van der Waals surface area contributed by atoms with Crippen LogP contribution in [0, 0.1) is 0 Å². The number of aliphatic hydroxyl groups is 1. The van der Waals surface area contributed by atoms with Gasteiger partial charge in [0.15, 0.2) is 5.85 Å². The van der Waals surface area contributed by atoms with Crippen LogP contribution in [0.15, 0.2) is 24.3 Å². The summed E-state index contributed by atoms with van der Waals surface area (Å²) in [5, 5.41) is 17.0. The van der Waals surface area contributed by atoms with Crippen LogP contribution in [0.5, 0.6) is 0 Å². The molecule has 0 rings (SSSR count). The highest BCUT2D eigenvalue weighted by Crippen LogP contribution is 2.12. The van der Waals surface area contributed by atoms with Crippen LogP contribution in [0.25, 0.3) is 0 Å². The van der Waals surface area contributed by atoms with Crippen LogP contribution in [0.2, 0.25) is 0 Å². The number of rotatable bonds is 44. The quantitative estimate of drug-likeness (QED) is 0.0332. The maximum atomic E-state index is 10.6. The van der Waals surface area contributed by atoms with E-state index in [0.717, 1.165) is 65.2 Å². The van der Waals surface area contributed by atoms with Gasteiger partial charge in [-0.1, -0.05) is 154 Å². The Hall–Kier alpha value is -0.720. The summed E-state index contributed by atoms with van der Waals surface area (Å²) in [7, 11) is 0. The van der Waals surface area contributed by atoms with Gasteiger partial charge in [0.2, 0.25) is 0 Å². The van der Waals surface area contributed by atoms with Crippen LogP contribution in [0.4, 0.5) is 0 Å². The number of hydrogen-bond donors (Lipinski definition) is 3. The van der Waals surface area contributed by atoms with Gasteiger partial charge in [-0.05, 0) is 110 Å². The van der Waals surface area contributed by atoms with E-state index in [2.05, 4.69) is 48.8 Å². The van der Waals surface area contributed by atoms with Crippen molar-refractivity contribution in [1.82, 2.24) is 10.6 Å². The lowest BCUT2D eigenvalue weighted by Crippen LogP contribution is -2.55. The smallest absolute Gasteiger partial charge is 0.168 e. The minimum absolute atomic E-state index is 0.789. The molecule has 0 aromatic carbocycles. The normalized spacial score (nSPS) is 12.3. The summed E-state index contributed by atoms with van der Waals surface area (Å²) in [5.74, 6) is -1.02. The van der Waals surface area contributed by atoms with E-state index in [0.29, 0.717) is 0 Å². The van der Waals surface area contributed by atoms with Gasteiger partial charge in [0.1, 0.15) is 0 Å². The number of ether oxygens (including phenoxy) is 2. The second-order valence-electron chi connectivity index (χ2n) is 15.4. The molecule has 0 aromatic rings. The van der Waals surface area contributed by atoms with Crippen LogP contribution in [-0.2, 0) is 9.47 Å². The average molecular weight is 721 g/mol. The average Bonchev–Trinajstić information content (AvgIpc) is 3.12. The third-order valence-electron chi connectivity index (χ3n) is 9.97. The Morgan fingerprint density at radius 2 is 0.627 bits per heavy atom. The molecule has 0 atom stereocenters. The first kappa shape index (κ1) is 50.3. The van der Waals surface area contributed by atoms with Crippen LogP contribution >= 0.6 is 0 Å². The Morgan fingerprint density at radius 1 is 0.373 bits per heavy atom. The van der Waals surface area contributed by atoms with E-state index < -0.39 is 5.85 Å². The van der Waals surface area contributed by atoms with E-state index in [1.54, 1.807) is 0 Å². The second kappa shape index (κ2) is 43.7. The molecule has 0 spiro atoms. The Kier molecular flexibility index (Phi) is 43.1. The topological polar surface area (TPSA) is 62.8 Å². The maximum Gasteiger partial charge on any atom is 0.168 e. The van der Waals surface area contributed by atoms with Gasteiger partial charge < -0.3 is 14.6 Å². The Labute approximate surface area is 320 Å². The first-order valence-corrected chi connectivity index (χ1v) is 22.8. The van der Waals surface area contributed by atoms with E-state index >= 15 is 0 Å². The van der Waals surface area contributed by atoms with Crippen molar-refractivity contribution in [3.63, 3.8) is 0 Å². The van der Waals surface area contributed by atoms with Gasteiger partial charge in [0.25, 0.3) is 0 Å². The highest BCUT2D eigenvalue weighted by molar-refractivity contribution is 4.82. The van der Waals surface area contributed by atoms with Gasteiger partial charge in [-0.2, -0.15) is 0 Å². The van der Waals surface area contributed by atoms with Crippen molar-refractivity contribution in [2.24, 2.45) is 0 Å². The molecule has 3 N–H and O–H groups in total. The summed E-state index contributed by atoms with van der Waals surface area (Å²) in [4.78, 5) is 0. The van der Waals surface area contributed by atoms with E-state index in [1.165, 1.54) is 180 Å². The molecule has 0 aromatic heterocycles. The highest BCUT2D eigenvalue weighted by Gasteiger charge is 2.16. The van der Waals surface area contributed by atoms with Crippen molar-refractivity contribution in [3.8, 4) is 0 Å². The van der Waals surface area contributed by atoms with Crippen LogP contribution < -0.4 is 10.6 Å². The summed E-state index contributed by atoms with van der Waals surface area (Å²) in [6, 6.07) is 0. The predicted octanol–water partition coefficient (Wildman–Crippen LogP) is 13.5. The number of nitrogens with one attached hydrogen (secondary N) is 2. The third kappa shape index (κ3) is 45.4. The first-order valence-electron chi connectivity index (χ1n) is 22.8. The van der Waals surface area contributed by atoms with E-state index in [-0.39, 0.29) is 0 Å². The summed E-state index contributed by atoms with van der Waals surface area (Å²) >= 11 is 0. The van der Waals surface area contributed by atoms with E-state index in [1.807, 2.05) is 6.92 Å².